The monoisotopic (exact) mass is 216 g/mol. The fourth-order valence-corrected chi connectivity index (χ4v) is 1.56. The van der Waals surface area contributed by atoms with E-state index in [1.54, 1.807) is 0 Å². The van der Waals surface area contributed by atoms with Gasteiger partial charge in [0.2, 0.25) is 0 Å². The molecule has 0 saturated carbocycles. The maximum absolute atomic E-state index is 3.43. The zero-order chi connectivity index (χ0) is 8.53. The Bertz CT molecular complexity index is 102. The number of halogens is 1. The molecule has 0 amide bonds. The first kappa shape index (κ1) is 11.4. The van der Waals surface area contributed by atoms with Crippen LogP contribution in [0, 0.1) is 0 Å². The van der Waals surface area contributed by atoms with Crippen molar-refractivity contribution in [2.45, 2.75) is 45.3 Å². The molecule has 0 fully saturated rings. The molecule has 0 aromatic carbocycles. The van der Waals surface area contributed by atoms with Gasteiger partial charge in [0.1, 0.15) is 0 Å². The van der Waals surface area contributed by atoms with Crippen molar-refractivity contribution >= 4 is 28.8 Å². The van der Waals surface area contributed by atoms with E-state index in [-0.39, 0.29) is 0 Å². The Kier molecular flexibility index (Phi) is 8.83. The second-order valence-corrected chi connectivity index (χ2v) is 3.83. The quantitative estimate of drug-likeness (QED) is 0.363. The number of hydrogen-bond donors (Lipinski definition) is 0. The first-order valence-corrected chi connectivity index (χ1v) is 5.62. The van der Waals surface area contributed by atoms with Crippen molar-refractivity contribution in [2.24, 2.45) is 0 Å². The molecule has 64 valence electrons. The van der Waals surface area contributed by atoms with Crippen molar-refractivity contribution in [3.63, 3.8) is 0 Å². The standard InChI is InChI=1S/C9H18BBr/c1-3-10-9(2)7-5-4-6-8-11/h3,9H,4-8H2,1-2H3. The molecule has 0 aliphatic heterocycles. The Balaban J connectivity index is 3.10. The molecule has 0 radical (unpaired) electrons. The second kappa shape index (κ2) is 8.51. The molecule has 0 aromatic heterocycles. The van der Waals surface area contributed by atoms with E-state index in [1.807, 2.05) is 0 Å². The molecule has 2 heteroatoms. The molecule has 0 spiro atoms. The molecular weight excluding hydrogens is 199 g/mol. The summed E-state index contributed by atoms with van der Waals surface area (Å²) in [6.07, 6.45) is 5.41. The van der Waals surface area contributed by atoms with Crippen molar-refractivity contribution in [1.29, 1.82) is 0 Å². The average Bonchev–Trinajstić information content (AvgIpc) is 1.99. The minimum absolute atomic E-state index is 0.773. The van der Waals surface area contributed by atoms with Gasteiger partial charge < -0.3 is 0 Å². The SMILES string of the molecule is C/C=B/C(C)CCCCCBr. The molecule has 0 heterocycles. The fraction of sp³-hybridized carbons (Fsp3) is 0.889. The third kappa shape index (κ3) is 8.32. The fourth-order valence-electron chi connectivity index (χ4n) is 1.16. The third-order valence-corrected chi connectivity index (χ3v) is 2.37. The van der Waals surface area contributed by atoms with Crippen LogP contribution in [0.15, 0.2) is 0 Å². The van der Waals surface area contributed by atoms with E-state index in [4.69, 9.17) is 0 Å². The summed E-state index contributed by atoms with van der Waals surface area (Å²) >= 11 is 3.43. The van der Waals surface area contributed by atoms with Crippen molar-refractivity contribution in [1.82, 2.24) is 0 Å². The van der Waals surface area contributed by atoms with Crippen LogP contribution < -0.4 is 0 Å². The summed E-state index contributed by atoms with van der Waals surface area (Å²) in [5.41, 5.74) is 0. The average molecular weight is 217 g/mol. The summed E-state index contributed by atoms with van der Waals surface area (Å²) in [5.74, 6) is 2.92. The van der Waals surface area contributed by atoms with Crippen molar-refractivity contribution in [3.05, 3.63) is 0 Å². The Morgan fingerprint density at radius 3 is 2.64 bits per heavy atom. The normalized spacial score (nSPS) is 13.4. The van der Waals surface area contributed by atoms with E-state index in [9.17, 15) is 0 Å². The molecule has 11 heavy (non-hydrogen) atoms. The summed E-state index contributed by atoms with van der Waals surface area (Å²) in [5, 5.41) is 1.16. The molecule has 0 aliphatic rings. The summed E-state index contributed by atoms with van der Waals surface area (Å²) in [4.78, 5) is 0. The second-order valence-electron chi connectivity index (χ2n) is 3.04. The van der Waals surface area contributed by atoms with Gasteiger partial charge in [-0.3, -0.25) is 0 Å². The molecule has 1 atom stereocenters. The topological polar surface area (TPSA) is 0 Å². The van der Waals surface area contributed by atoms with E-state index in [0.717, 1.165) is 11.1 Å². The van der Waals surface area contributed by atoms with Crippen LogP contribution in [0.25, 0.3) is 0 Å². The van der Waals surface area contributed by atoms with Crippen LogP contribution in [0.3, 0.4) is 0 Å². The zero-order valence-corrected chi connectivity index (χ0v) is 9.23. The van der Waals surface area contributed by atoms with Crippen LogP contribution >= 0.6 is 15.9 Å². The van der Waals surface area contributed by atoms with Crippen molar-refractivity contribution in [3.8, 4) is 0 Å². The maximum atomic E-state index is 3.43. The van der Waals surface area contributed by atoms with Crippen LogP contribution in [-0.2, 0) is 0 Å². The van der Waals surface area contributed by atoms with E-state index in [2.05, 4.69) is 42.7 Å². The Labute approximate surface area is 79.8 Å². The molecule has 0 nitrogen and oxygen atoms in total. The van der Waals surface area contributed by atoms with Crippen molar-refractivity contribution < 1.29 is 0 Å². The van der Waals surface area contributed by atoms with Gasteiger partial charge in [-0.05, 0) is 0 Å². The third-order valence-electron chi connectivity index (χ3n) is 1.81. The van der Waals surface area contributed by atoms with Crippen LogP contribution in [0.2, 0.25) is 5.82 Å². The van der Waals surface area contributed by atoms with Gasteiger partial charge in [0.15, 0.2) is 0 Å². The molecule has 0 bridgehead atoms. The van der Waals surface area contributed by atoms with Gasteiger partial charge in [0.05, 0.1) is 0 Å². The summed E-state index contributed by atoms with van der Waals surface area (Å²) in [6.45, 7) is 6.66. The van der Waals surface area contributed by atoms with Crippen LogP contribution in [0.1, 0.15) is 39.5 Å². The summed E-state index contributed by atoms with van der Waals surface area (Å²) < 4.78 is 0. The molecule has 0 N–H and O–H groups in total. The molecule has 0 rings (SSSR count). The molecule has 0 aromatic rings. The first-order chi connectivity index (χ1) is 5.31. The van der Waals surface area contributed by atoms with Gasteiger partial charge in [0, 0.05) is 0 Å². The summed E-state index contributed by atoms with van der Waals surface area (Å²) in [6, 6.07) is 0. The van der Waals surface area contributed by atoms with Crippen LogP contribution in [-0.4, -0.2) is 18.2 Å². The van der Waals surface area contributed by atoms with E-state index in [0.29, 0.717) is 0 Å². The van der Waals surface area contributed by atoms with E-state index < -0.39 is 0 Å². The van der Waals surface area contributed by atoms with Gasteiger partial charge in [-0.1, -0.05) is 0 Å². The minimum atomic E-state index is 0.773. The van der Waals surface area contributed by atoms with Gasteiger partial charge in [-0.25, -0.2) is 0 Å². The molecule has 0 aliphatic carbocycles. The van der Waals surface area contributed by atoms with Gasteiger partial charge >= 0.3 is 79.5 Å². The van der Waals surface area contributed by atoms with Crippen LogP contribution in [0.4, 0.5) is 0 Å². The molecule has 1 unspecified atom stereocenters. The van der Waals surface area contributed by atoms with Gasteiger partial charge in [-0.15, -0.1) is 0 Å². The number of unbranched alkanes of at least 4 members (excludes halogenated alkanes) is 2. The Morgan fingerprint density at radius 1 is 1.36 bits per heavy atom. The van der Waals surface area contributed by atoms with Gasteiger partial charge in [0.25, 0.3) is 0 Å². The van der Waals surface area contributed by atoms with E-state index in [1.165, 1.54) is 25.7 Å². The first-order valence-electron chi connectivity index (χ1n) is 4.50. The number of hydrogen-bond acceptors (Lipinski definition) is 0. The Morgan fingerprint density at radius 2 is 2.09 bits per heavy atom. The Hall–Kier alpha value is 0.415. The van der Waals surface area contributed by atoms with Gasteiger partial charge in [-0.2, -0.15) is 0 Å². The summed E-state index contributed by atoms with van der Waals surface area (Å²) in [7, 11) is 0. The van der Waals surface area contributed by atoms with Crippen LogP contribution in [0.5, 0.6) is 0 Å². The molecular formula is C9H18BBr. The predicted octanol–water partition coefficient (Wildman–Crippen LogP) is 3.28. The number of alkyl halides is 1. The zero-order valence-electron chi connectivity index (χ0n) is 7.65. The van der Waals surface area contributed by atoms with Crippen molar-refractivity contribution in [2.75, 3.05) is 5.33 Å². The molecule has 0 saturated heterocycles. The van der Waals surface area contributed by atoms with E-state index >= 15 is 0 Å². The number of rotatable bonds is 6. The predicted molar refractivity (Wildman–Crippen MR) is 59.2 cm³/mol.